The summed E-state index contributed by atoms with van der Waals surface area (Å²) in [5.74, 6) is 1.60. The van der Waals surface area contributed by atoms with E-state index in [4.69, 9.17) is 15.0 Å². The summed E-state index contributed by atoms with van der Waals surface area (Å²) >= 11 is 4.93. The molecule has 0 radical (unpaired) electrons. The number of ether oxygens (including phenoxy) is 1. The summed E-state index contributed by atoms with van der Waals surface area (Å²) in [4.78, 5) is 5.30. The minimum Gasteiger partial charge on any atom is -0.497 e. The van der Waals surface area contributed by atoms with Gasteiger partial charge in [-0.2, -0.15) is 4.98 Å². The number of thiophene rings is 1. The number of halogens is 1. The number of aromatic nitrogens is 2. The number of nitrogens with zero attached hydrogens (tertiary/aromatic N) is 2. The molecule has 0 unspecified atom stereocenters. The summed E-state index contributed by atoms with van der Waals surface area (Å²) < 4.78 is 11.5. The van der Waals surface area contributed by atoms with E-state index in [1.165, 1.54) is 11.3 Å². The van der Waals surface area contributed by atoms with Crippen LogP contribution in [-0.4, -0.2) is 17.3 Å². The van der Waals surface area contributed by atoms with Gasteiger partial charge in [0.1, 0.15) is 5.75 Å². The van der Waals surface area contributed by atoms with Crippen molar-refractivity contribution in [3.05, 3.63) is 34.1 Å². The molecule has 0 saturated carbocycles. The molecule has 0 aliphatic heterocycles. The van der Waals surface area contributed by atoms with Gasteiger partial charge in [-0.25, -0.2) is 0 Å². The molecule has 2 aromatic heterocycles. The van der Waals surface area contributed by atoms with Gasteiger partial charge in [-0.05, 0) is 40.2 Å². The van der Waals surface area contributed by atoms with Gasteiger partial charge in [0.2, 0.25) is 5.82 Å². The maximum absolute atomic E-state index is 5.94. The first-order valence-electron chi connectivity index (χ1n) is 5.69. The first-order valence-corrected chi connectivity index (χ1v) is 7.36. The molecule has 0 amide bonds. The van der Waals surface area contributed by atoms with Crippen LogP contribution in [0.5, 0.6) is 5.75 Å². The van der Waals surface area contributed by atoms with E-state index in [0.29, 0.717) is 28.7 Å². The van der Waals surface area contributed by atoms with Gasteiger partial charge in [-0.1, -0.05) is 5.16 Å². The molecule has 3 aromatic rings. The van der Waals surface area contributed by atoms with Crippen molar-refractivity contribution >= 4 is 33.0 Å². The van der Waals surface area contributed by atoms with Gasteiger partial charge in [-0.15, -0.1) is 11.3 Å². The summed E-state index contributed by atoms with van der Waals surface area (Å²) in [6.07, 6.45) is 0. The minimum absolute atomic E-state index is 0.376. The molecule has 7 heteroatoms. The van der Waals surface area contributed by atoms with Crippen molar-refractivity contribution in [3.63, 3.8) is 0 Å². The molecular weight excluding hydrogens is 342 g/mol. The van der Waals surface area contributed by atoms with Crippen molar-refractivity contribution in [2.75, 3.05) is 12.8 Å². The summed E-state index contributed by atoms with van der Waals surface area (Å²) in [7, 11) is 1.59. The fourth-order valence-electron chi connectivity index (χ4n) is 1.71. The zero-order valence-electron chi connectivity index (χ0n) is 10.5. The lowest BCUT2D eigenvalue weighted by atomic mass is 10.1. The average Bonchev–Trinajstić information content (AvgIpc) is 3.08. The molecule has 3 rings (SSSR count). The fourth-order valence-corrected chi connectivity index (χ4v) is 3.06. The van der Waals surface area contributed by atoms with E-state index in [0.717, 1.165) is 9.35 Å². The van der Waals surface area contributed by atoms with Gasteiger partial charge in [0.15, 0.2) is 0 Å². The molecule has 0 bridgehead atoms. The highest BCUT2D eigenvalue weighted by Gasteiger charge is 2.15. The first-order chi connectivity index (χ1) is 9.67. The smallest absolute Gasteiger partial charge is 0.260 e. The predicted octanol–water partition coefficient (Wildman–Crippen LogP) is 3.82. The van der Waals surface area contributed by atoms with E-state index in [-0.39, 0.29) is 0 Å². The Morgan fingerprint density at radius 1 is 1.35 bits per heavy atom. The van der Waals surface area contributed by atoms with E-state index in [9.17, 15) is 0 Å². The average molecular weight is 352 g/mol. The lowest BCUT2D eigenvalue weighted by Crippen LogP contribution is -1.92. The van der Waals surface area contributed by atoms with E-state index >= 15 is 0 Å². The van der Waals surface area contributed by atoms with Crippen LogP contribution in [0.1, 0.15) is 0 Å². The van der Waals surface area contributed by atoms with Crippen molar-refractivity contribution < 1.29 is 9.26 Å². The van der Waals surface area contributed by atoms with Crippen LogP contribution in [0.2, 0.25) is 0 Å². The van der Waals surface area contributed by atoms with E-state index in [2.05, 4.69) is 26.1 Å². The molecule has 0 aliphatic rings. The van der Waals surface area contributed by atoms with Gasteiger partial charge in [0.25, 0.3) is 5.89 Å². The van der Waals surface area contributed by atoms with Crippen LogP contribution in [0, 0.1) is 0 Å². The second kappa shape index (κ2) is 5.26. The molecular formula is C13H10BrN3O2S. The molecule has 0 saturated heterocycles. The third-order valence-electron chi connectivity index (χ3n) is 2.70. The molecule has 0 aliphatic carbocycles. The van der Waals surface area contributed by atoms with Crippen molar-refractivity contribution in [1.29, 1.82) is 0 Å². The number of hydrogen-bond acceptors (Lipinski definition) is 6. The molecule has 2 heterocycles. The summed E-state index contributed by atoms with van der Waals surface area (Å²) in [6.45, 7) is 0. The van der Waals surface area contributed by atoms with Crippen molar-refractivity contribution in [1.82, 2.24) is 10.1 Å². The Hall–Kier alpha value is -1.86. The summed E-state index contributed by atoms with van der Waals surface area (Å²) in [6, 6.07) is 7.25. The third kappa shape index (κ3) is 2.41. The number of hydrogen-bond donors (Lipinski definition) is 1. The van der Waals surface area contributed by atoms with Crippen LogP contribution in [0.4, 0.5) is 5.69 Å². The maximum atomic E-state index is 5.94. The number of benzene rings is 1. The quantitative estimate of drug-likeness (QED) is 0.726. The zero-order valence-corrected chi connectivity index (χ0v) is 12.9. The highest BCUT2D eigenvalue weighted by atomic mass is 79.9. The van der Waals surface area contributed by atoms with Crippen molar-refractivity contribution in [2.45, 2.75) is 0 Å². The van der Waals surface area contributed by atoms with Gasteiger partial charge < -0.3 is 15.0 Å². The largest absolute Gasteiger partial charge is 0.497 e. The molecule has 0 spiro atoms. The molecule has 5 nitrogen and oxygen atoms in total. The number of nitrogens with two attached hydrogens (primary N) is 1. The van der Waals surface area contributed by atoms with Crippen LogP contribution in [0.3, 0.4) is 0 Å². The number of anilines is 1. The minimum atomic E-state index is 0.376. The number of rotatable bonds is 3. The van der Waals surface area contributed by atoms with Gasteiger partial charge >= 0.3 is 0 Å². The molecule has 102 valence electrons. The van der Waals surface area contributed by atoms with Crippen LogP contribution in [0.15, 0.2) is 38.6 Å². The molecule has 0 fully saturated rings. The second-order valence-electron chi connectivity index (χ2n) is 4.01. The Morgan fingerprint density at radius 2 is 2.20 bits per heavy atom. The Balaban J connectivity index is 2.01. The highest BCUT2D eigenvalue weighted by Crippen LogP contribution is 2.32. The molecule has 0 atom stereocenters. The van der Waals surface area contributed by atoms with Crippen molar-refractivity contribution in [2.24, 2.45) is 0 Å². The highest BCUT2D eigenvalue weighted by molar-refractivity contribution is 9.10. The van der Waals surface area contributed by atoms with E-state index < -0.39 is 0 Å². The first kappa shape index (κ1) is 13.1. The van der Waals surface area contributed by atoms with Crippen molar-refractivity contribution in [3.8, 4) is 27.9 Å². The zero-order chi connectivity index (χ0) is 14.1. The topological polar surface area (TPSA) is 74.2 Å². The van der Waals surface area contributed by atoms with Gasteiger partial charge in [0.05, 0.1) is 17.6 Å². The number of methoxy groups -OCH3 is 1. The molecule has 1 aromatic carbocycles. The standard InChI is InChI=1S/C13H10BrN3O2S/c1-18-8-2-3-10(15)9(5-8)13-16-12(17-19-13)11-4-7(14)6-20-11/h2-6H,15H2,1H3. The van der Waals surface area contributed by atoms with Crippen LogP contribution < -0.4 is 10.5 Å². The Bertz CT molecular complexity index is 754. The Morgan fingerprint density at radius 3 is 2.90 bits per heavy atom. The summed E-state index contributed by atoms with van der Waals surface area (Å²) in [5, 5.41) is 5.94. The number of nitrogen functional groups attached to an aromatic ring is 1. The maximum Gasteiger partial charge on any atom is 0.260 e. The van der Waals surface area contributed by atoms with E-state index in [1.807, 2.05) is 11.4 Å². The third-order valence-corrected chi connectivity index (χ3v) is 4.39. The normalized spacial score (nSPS) is 10.7. The predicted molar refractivity (Wildman–Crippen MR) is 81.7 cm³/mol. The SMILES string of the molecule is COc1ccc(N)c(-c2nc(-c3cc(Br)cs3)no2)c1. The molecule has 20 heavy (non-hydrogen) atoms. The fraction of sp³-hybridized carbons (Fsp3) is 0.0769. The van der Waals surface area contributed by atoms with Gasteiger partial charge in [-0.3, -0.25) is 0 Å². The lowest BCUT2D eigenvalue weighted by molar-refractivity contribution is 0.413. The van der Waals surface area contributed by atoms with Crippen LogP contribution in [0.25, 0.3) is 22.2 Å². The Labute approximate surface area is 127 Å². The lowest BCUT2D eigenvalue weighted by Gasteiger charge is -2.03. The van der Waals surface area contributed by atoms with E-state index in [1.54, 1.807) is 25.3 Å². The summed E-state index contributed by atoms with van der Waals surface area (Å²) in [5.41, 5.74) is 7.17. The molecule has 2 N–H and O–H groups in total. The Kier molecular flexibility index (Phi) is 3.45. The van der Waals surface area contributed by atoms with Gasteiger partial charge in [0, 0.05) is 15.5 Å². The van der Waals surface area contributed by atoms with Crippen LogP contribution >= 0.6 is 27.3 Å². The van der Waals surface area contributed by atoms with Crippen LogP contribution in [-0.2, 0) is 0 Å². The monoisotopic (exact) mass is 351 g/mol. The second-order valence-corrected chi connectivity index (χ2v) is 5.83.